The van der Waals surface area contributed by atoms with Crippen molar-refractivity contribution in [3.8, 4) is 5.75 Å². The lowest BCUT2D eigenvalue weighted by molar-refractivity contribution is -0.135. The molecule has 2 aliphatic heterocycles. The first kappa shape index (κ1) is 28.7. The van der Waals surface area contributed by atoms with E-state index in [0.29, 0.717) is 12.3 Å². The number of carbonyl (C=O) groups excluding carboxylic acids is 3. The minimum atomic E-state index is -0.548. The molecule has 0 unspecified atom stereocenters. The van der Waals surface area contributed by atoms with E-state index in [1.165, 1.54) is 17.9 Å². The van der Waals surface area contributed by atoms with Gasteiger partial charge >= 0.3 is 5.91 Å². The number of para-hydroxylation sites is 1. The van der Waals surface area contributed by atoms with Gasteiger partial charge in [0.15, 0.2) is 11.5 Å². The van der Waals surface area contributed by atoms with E-state index < -0.39 is 11.8 Å². The van der Waals surface area contributed by atoms with Crippen molar-refractivity contribution in [2.75, 3.05) is 13.7 Å². The third kappa shape index (κ3) is 5.65. The predicted octanol–water partition coefficient (Wildman–Crippen LogP) is 5.82. The number of likely N-dealkylation sites (N-methyl/N-ethyl adjacent to an activating group) is 1. The van der Waals surface area contributed by atoms with Gasteiger partial charge < -0.3 is 18.6 Å². The average Bonchev–Trinajstić information content (AvgIpc) is 3.58. The molecule has 9 nitrogen and oxygen atoms in total. The lowest BCUT2D eigenvalue weighted by Gasteiger charge is -2.06. The normalized spacial score (nSPS) is 16.7. The van der Waals surface area contributed by atoms with E-state index in [1.807, 2.05) is 49.4 Å². The first-order valence-electron chi connectivity index (χ1n) is 12.8. The molecule has 0 bridgehead atoms. The highest BCUT2D eigenvalue weighted by atomic mass is 32.1. The second-order valence-electron chi connectivity index (χ2n) is 9.09. The fourth-order valence-electron chi connectivity index (χ4n) is 4.35. The number of benzene rings is 3. The van der Waals surface area contributed by atoms with Crippen LogP contribution >= 0.6 is 24.4 Å². The van der Waals surface area contributed by atoms with Gasteiger partial charge in [0.1, 0.15) is 16.9 Å². The molecule has 0 saturated carbocycles. The lowest BCUT2D eigenvalue weighted by Crippen LogP contribution is -2.32. The molecule has 4 aromatic rings. The molecule has 0 radical (unpaired) electrons. The molecule has 0 N–H and O–H groups in total. The van der Waals surface area contributed by atoms with Crippen LogP contribution < -0.4 is 4.74 Å². The zero-order chi connectivity index (χ0) is 30.0. The van der Waals surface area contributed by atoms with Gasteiger partial charge in [0, 0.05) is 24.2 Å². The molecule has 212 valence electrons. The first-order valence-corrected chi connectivity index (χ1v) is 13.6. The quantitative estimate of drug-likeness (QED) is 0.212. The maximum absolute atomic E-state index is 12.2. The smallest absolute Gasteiger partial charge is 0.303 e. The Kier molecular flexibility index (Phi) is 8.14. The van der Waals surface area contributed by atoms with E-state index in [-0.39, 0.29) is 27.8 Å². The molecule has 2 aliphatic rings. The summed E-state index contributed by atoms with van der Waals surface area (Å²) in [6.45, 7) is 3.62. The molecule has 1 aromatic heterocycles. The van der Waals surface area contributed by atoms with Crippen molar-refractivity contribution in [1.82, 2.24) is 9.80 Å². The van der Waals surface area contributed by atoms with Crippen LogP contribution in [0.2, 0.25) is 0 Å². The van der Waals surface area contributed by atoms with Gasteiger partial charge in [0.2, 0.25) is 5.91 Å². The minimum Gasteiger partial charge on any atom is -0.497 e. The molecule has 6 rings (SSSR count). The second kappa shape index (κ2) is 11.9. The van der Waals surface area contributed by atoms with Crippen molar-refractivity contribution in [2.24, 2.45) is 0 Å². The average molecular weight is 601 g/mol. The molecule has 3 aromatic carbocycles. The molecule has 3 amide bonds. The number of carbonyl (C=O) groups is 3. The summed E-state index contributed by atoms with van der Waals surface area (Å²) in [6, 6.07) is 20.7. The van der Waals surface area contributed by atoms with Crippen LogP contribution in [0.5, 0.6) is 5.75 Å². The summed E-state index contributed by atoms with van der Waals surface area (Å²) >= 11 is 9.89. The highest BCUT2D eigenvalue weighted by molar-refractivity contribution is 7.80. The van der Waals surface area contributed by atoms with E-state index in [1.54, 1.807) is 37.5 Å². The molecule has 0 atom stereocenters. The summed E-state index contributed by atoms with van der Waals surface area (Å²) in [5, 5.41) is 2.12. The topological polar surface area (TPSA) is 98.5 Å². The van der Waals surface area contributed by atoms with Crippen molar-refractivity contribution in [2.45, 2.75) is 13.8 Å². The molecule has 0 aliphatic carbocycles. The third-order valence-electron chi connectivity index (χ3n) is 6.41. The molecule has 2 fully saturated rings. The van der Waals surface area contributed by atoms with Crippen molar-refractivity contribution < 1.29 is 33.0 Å². The fraction of sp³-hybridized carbons (Fsp3) is 0.129. The first-order chi connectivity index (χ1) is 20.2. The van der Waals surface area contributed by atoms with Crippen LogP contribution in [0, 0.1) is 0 Å². The van der Waals surface area contributed by atoms with Crippen molar-refractivity contribution in [1.29, 1.82) is 0 Å². The van der Waals surface area contributed by atoms with Gasteiger partial charge in [-0.2, -0.15) is 0 Å². The Hall–Kier alpha value is -4.87. The number of methoxy groups -OCH3 is 1. The lowest BCUT2D eigenvalue weighted by atomic mass is 10.1. The Morgan fingerprint density at radius 3 is 2.10 bits per heavy atom. The zero-order valence-electron chi connectivity index (χ0n) is 22.8. The van der Waals surface area contributed by atoms with Crippen molar-refractivity contribution in [3.05, 3.63) is 89.4 Å². The number of fused-ring (bicyclic) bond motifs is 3. The predicted molar refractivity (Wildman–Crippen MR) is 165 cm³/mol. The number of nitrogens with zero attached hydrogens (tertiary/aromatic N) is 2. The van der Waals surface area contributed by atoms with E-state index in [0.717, 1.165) is 38.0 Å². The summed E-state index contributed by atoms with van der Waals surface area (Å²) < 4.78 is 21.4. The van der Waals surface area contributed by atoms with Crippen LogP contribution in [-0.4, -0.2) is 51.5 Å². The number of furan rings is 1. The number of thiocarbonyl (C=S) groups is 2. The van der Waals surface area contributed by atoms with Gasteiger partial charge in [-0.15, -0.1) is 0 Å². The summed E-state index contributed by atoms with van der Waals surface area (Å²) in [5.41, 5.74) is 3.28. The number of rotatable bonds is 4. The van der Waals surface area contributed by atoms with Gasteiger partial charge in [-0.3, -0.25) is 19.3 Å². The van der Waals surface area contributed by atoms with Crippen LogP contribution in [0.15, 0.2) is 82.7 Å². The van der Waals surface area contributed by atoms with Crippen LogP contribution in [0.25, 0.3) is 34.1 Å². The van der Waals surface area contributed by atoms with E-state index in [4.69, 9.17) is 43.1 Å². The standard InChI is InChI=1S/C18H13NO3S.C13H11NO4S/c1-2-19-17(20)16(22-18(19)23)10-11-7-8-15-13(9-11)12-5-3-4-6-14(12)21-15;1-8(15)14-12(16)11(18-13(14)19)7-9-3-5-10(17-2)6-4-9/h3-10H,2H2,1H3;3-7H,1-2H3/b16-10+;11-7+. The van der Waals surface area contributed by atoms with Gasteiger partial charge in [0.25, 0.3) is 16.3 Å². The fourth-order valence-corrected chi connectivity index (χ4v) is 4.95. The van der Waals surface area contributed by atoms with Crippen molar-refractivity contribution in [3.63, 3.8) is 0 Å². The molecule has 3 heterocycles. The number of amides is 3. The SMILES string of the molecule is CCN1C(=O)/C(=C\c2ccc3oc4ccccc4c3c2)OC1=S.COc1ccc(/C=C2/OC(=S)N(C(C)=O)C2=O)cc1. The largest absolute Gasteiger partial charge is 0.497 e. The zero-order valence-corrected chi connectivity index (χ0v) is 24.4. The van der Waals surface area contributed by atoms with Crippen LogP contribution in [-0.2, 0) is 23.9 Å². The molecule has 0 spiro atoms. The Labute approximate surface area is 251 Å². The summed E-state index contributed by atoms with van der Waals surface area (Å²) in [7, 11) is 1.57. The van der Waals surface area contributed by atoms with Crippen molar-refractivity contribution >= 4 is 86.6 Å². The van der Waals surface area contributed by atoms with Gasteiger partial charge in [-0.05, 0) is 85.0 Å². The van der Waals surface area contributed by atoms with Gasteiger partial charge in [-0.1, -0.05) is 36.4 Å². The maximum atomic E-state index is 12.2. The maximum Gasteiger partial charge on any atom is 0.303 e. The van der Waals surface area contributed by atoms with Crippen LogP contribution in [0.3, 0.4) is 0 Å². The number of hydrogen-bond donors (Lipinski definition) is 0. The van der Waals surface area contributed by atoms with Crippen LogP contribution in [0.4, 0.5) is 0 Å². The Morgan fingerprint density at radius 2 is 1.45 bits per heavy atom. The summed E-state index contributed by atoms with van der Waals surface area (Å²) in [4.78, 5) is 37.6. The van der Waals surface area contributed by atoms with Gasteiger partial charge in [-0.25, -0.2) is 4.90 Å². The van der Waals surface area contributed by atoms with E-state index in [9.17, 15) is 14.4 Å². The van der Waals surface area contributed by atoms with Gasteiger partial charge in [0.05, 0.1) is 7.11 Å². The Bertz CT molecular complexity index is 1820. The molecule has 2 saturated heterocycles. The van der Waals surface area contributed by atoms with E-state index in [2.05, 4.69) is 0 Å². The Morgan fingerprint density at radius 1 is 0.833 bits per heavy atom. The molecule has 11 heteroatoms. The minimum absolute atomic E-state index is 0.0327. The third-order valence-corrected chi connectivity index (χ3v) is 6.98. The summed E-state index contributed by atoms with van der Waals surface area (Å²) in [6.07, 6.45) is 3.24. The number of imide groups is 1. The number of hydrogen-bond acceptors (Lipinski definition) is 9. The monoisotopic (exact) mass is 600 g/mol. The highest BCUT2D eigenvalue weighted by Gasteiger charge is 2.36. The number of ether oxygens (including phenoxy) is 3. The second-order valence-corrected chi connectivity index (χ2v) is 9.79. The molecular formula is C31H24N2O7S2. The van der Waals surface area contributed by atoms with E-state index >= 15 is 0 Å². The summed E-state index contributed by atoms with van der Waals surface area (Å²) in [5.74, 6) is -0.216. The highest BCUT2D eigenvalue weighted by Crippen LogP contribution is 2.30. The Balaban J connectivity index is 0.000000172. The molecular weight excluding hydrogens is 576 g/mol. The molecule has 42 heavy (non-hydrogen) atoms. The van der Waals surface area contributed by atoms with Crippen LogP contribution in [0.1, 0.15) is 25.0 Å².